The number of hydrogen-bond acceptors (Lipinski definition) is 3. The summed E-state index contributed by atoms with van der Waals surface area (Å²) >= 11 is 0. The number of amidine groups is 1. The van der Waals surface area contributed by atoms with Crippen molar-refractivity contribution in [1.29, 1.82) is 0 Å². The van der Waals surface area contributed by atoms with E-state index >= 15 is 0 Å². The topological polar surface area (TPSA) is 46.7 Å². The monoisotopic (exact) mass is 796 g/mol. The molecule has 1 aliphatic heterocycles. The van der Waals surface area contributed by atoms with Gasteiger partial charge in [0.05, 0.1) is 5.52 Å². The number of nitrogens with one attached hydrogen (secondary N) is 1. The second kappa shape index (κ2) is 16.2. The predicted octanol–water partition coefficient (Wildman–Crippen LogP) is 14.8. The first-order chi connectivity index (χ1) is 30.7. The van der Waals surface area contributed by atoms with Crippen LogP contribution >= 0.6 is 0 Å². The van der Waals surface area contributed by atoms with Crippen LogP contribution in [-0.2, 0) is 0 Å². The van der Waals surface area contributed by atoms with Gasteiger partial charge in [0.2, 0.25) is 0 Å². The maximum Gasteiger partial charge on any atom is 0.127 e. The Morgan fingerprint density at radius 3 is 1.65 bits per heavy atom. The number of para-hydroxylation sites is 4. The van der Waals surface area contributed by atoms with Gasteiger partial charge in [0.25, 0.3) is 0 Å². The average Bonchev–Trinajstić information content (AvgIpc) is 3.70. The second-order valence-electron chi connectivity index (χ2n) is 15.6. The van der Waals surface area contributed by atoms with Crippen molar-refractivity contribution in [1.82, 2.24) is 9.88 Å². The standard InChI is InChI=1S/C57H42N5/c1-5-18-40(19-6-1)43-22-15-24-45(38-43)50-31-17-32-52-51-30-13-14-33-53(51)62(54(50)52)57-59-55(42-20-7-2-8-21-42)58-56(60-57)46-25-16-23-44(39-46)41-34-36-49(37-35-41)61(47-26-9-3-10-27-47)48-28-11-4-12-29-48/h1-39,56-57H,(H,58,59)/q-1. The molecule has 0 bridgehead atoms. The minimum Gasteiger partial charge on any atom is -0.598 e. The number of aliphatic imine (C=N–C) groups is 1. The lowest BCUT2D eigenvalue weighted by Crippen LogP contribution is -2.35. The quantitative estimate of drug-likeness (QED) is 0.158. The molecule has 2 heterocycles. The SMILES string of the molecule is c1ccc(C2=NC(n3c4ccccc4c4cccc(-c5cccc(-c6ccccc6)c5)c43)[N-]C(c3cccc(-c4ccc(N(c5ccccc5)c5ccccc5)cc4)c3)N2)cc1. The number of anilines is 3. The predicted molar refractivity (Wildman–Crippen MR) is 258 cm³/mol. The first-order valence-corrected chi connectivity index (χ1v) is 21.1. The van der Waals surface area contributed by atoms with Crippen LogP contribution in [0.1, 0.15) is 23.6 Å². The molecule has 2 unspecified atom stereocenters. The minimum atomic E-state index is -0.554. The molecular formula is C57H42N5-. The Bertz CT molecular complexity index is 3140. The average molecular weight is 797 g/mol. The first kappa shape index (κ1) is 37.0. The highest BCUT2D eigenvalue weighted by Gasteiger charge is 2.23. The molecule has 0 saturated heterocycles. The Morgan fingerprint density at radius 2 is 0.935 bits per heavy atom. The van der Waals surface area contributed by atoms with Crippen LogP contribution in [0.5, 0.6) is 0 Å². The third-order valence-electron chi connectivity index (χ3n) is 11.8. The summed E-state index contributed by atoms with van der Waals surface area (Å²) in [5.41, 5.74) is 14.5. The van der Waals surface area contributed by atoms with Crippen LogP contribution in [0, 0.1) is 0 Å². The van der Waals surface area contributed by atoms with Gasteiger partial charge in [-0.3, -0.25) is 4.99 Å². The fourth-order valence-corrected chi connectivity index (χ4v) is 8.85. The van der Waals surface area contributed by atoms with Gasteiger partial charge in [0.1, 0.15) is 5.84 Å². The Labute approximate surface area is 361 Å². The van der Waals surface area contributed by atoms with E-state index in [0.29, 0.717) is 0 Å². The Morgan fingerprint density at radius 1 is 0.419 bits per heavy atom. The number of aromatic nitrogens is 1. The second-order valence-corrected chi connectivity index (χ2v) is 15.6. The van der Waals surface area contributed by atoms with Gasteiger partial charge in [-0.15, -0.1) is 0 Å². The van der Waals surface area contributed by atoms with Crippen molar-refractivity contribution in [2.75, 3.05) is 4.90 Å². The van der Waals surface area contributed by atoms with Crippen molar-refractivity contribution >= 4 is 44.7 Å². The van der Waals surface area contributed by atoms with Crippen LogP contribution in [0.25, 0.3) is 60.5 Å². The normalized spacial score (nSPS) is 14.9. The lowest BCUT2D eigenvalue weighted by molar-refractivity contribution is 0.539. The van der Waals surface area contributed by atoms with Gasteiger partial charge in [-0.25, -0.2) is 0 Å². The van der Waals surface area contributed by atoms with Gasteiger partial charge in [-0.1, -0.05) is 188 Å². The molecule has 5 heteroatoms. The molecule has 1 aromatic heterocycles. The summed E-state index contributed by atoms with van der Waals surface area (Å²) in [6, 6.07) is 83.7. The zero-order valence-electron chi connectivity index (χ0n) is 34.0. The molecule has 10 aromatic rings. The van der Waals surface area contributed by atoms with E-state index in [1.807, 2.05) is 6.07 Å². The molecule has 0 saturated carbocycles. The van der Waals surface area contributed by atoms with Crippen molar-refractivity contribution < 1.29 is 0 Å². The summed E-state index contributed by atoms with van der Waals surface area (Å²) in [6.45, 7) is 0. The molecule has 11 rings (SSSR count). The van der Waals surface area contributed by atoms with Crippen molar-refractivity contribution in [2.24, 2.45) is 4.99 Å². The molecule has 62 heavy (non-hydrogen) atoms. The van der Waals surface area contributed by atoms with Crippen molar-refractivity contribution in [3.63, 3.8) is 0 Å². The van der Waals surface area contributed by atoms with E-state index in [-0.39, 0.29) is 6.17 Å². The Balaban J connectivity index is 0.997. The van der Waals surface area contributed by atoms with E-state index in [4.69, 9.17) is 10.3 Å². The van der Waals surface area contributed by atoms with Crippen LogP contribution in [0.15, 0.2) is 242 Å². The molecule has 1 aliphatic rings. The summed E-state index contributed by atoms with van der Waals surface area (Å²) in [7, 11) is 0. The van der Waals surface area contributed by atoms with Gasteiger partial charge in [-0.05, 0) is 88.1 Å². The van der Waals surface area contributed by atoms with Crippen molar-refractivity contribution in [2.45, 2.75) is 12.5 Å². The van der Waals surface area contributed by atoms with E-state index in [0.717, 1.165) is 67.3 Å². The van der Waals surface area contributed by atoms with Crippen LogP contribution in [0.2, 0.25) is 0 Å². The van der Waals surface area contributed by atoms with Crippen LogP contribution < -0.4 is 10.2 Å². The van der Waals surface area contributed by atoms with Gasteiger partial charge in [-0.2, -0.15) is 0 Å². The molecule has 0 radical (unpaired) electrons. The maximum absolute atomic E-state index is 5.57. The molecule has 1 N–H and O–H groups in total. The highest BCUT2D eigenvalue weighted by Crippen LogP contribution is 2.44. The number of rotatable bonds is 9. The van der Waals surface area contributed by atoms with E-state index < -0.39 is 6.29 Å². The van der Waals surface area contributed by atoms with E-state index in [9.17, 15) is 0 Å². The van der Waals surface area contributed by atoms with Gasteiger partial charge in [0, 0.05) is 50.8 Å². The highest BCUT2D eigenvalue weighted by atomic mass is 15.4. The molecule has 296 valence electrons. The van der Waals surface area contributed by atoms with Crippen LogP contribution in [0.4, 0.5) is 17.1 Å². The zero-order chi connectivity index (χ0) is 41.2. The maximum atomic E-state index is 5.57. The van der Waals surface area contributed by atoms with Gasteiger partial charge < -0.3 is 20.1 Å². The number of hydrogen-bond donors (Lipinski definition) is 1. The minimum absolute atomic E-state index is 0.372. The Hall–Kier alpha value is -7.99. The van der Waals surface area contributed by atoms with Gasteiger partial charge in [0.15, 0.2) is 0 Å². The fourth-order valence-electron chi connectivity index (χ4n) is 8.85. The van der Waals surface area contributed by atoms with E-state index in [1.165, 1.54) is 21.9 Å². The van der Waals surface area contributed by atoms with Gasteiger partial charge >= 0.3 is 0 Å². The largest absolute Gasteiger partial charge is 0.598 e. The number of fused-ring (bicyclic) bond motifs is 3. The first-order valence-electron chi connectivity index (χ1n) is 21.1. The molecule has 0 fully saturated rings. The summed E-state index contributed by atoms with van der Waals surface area (Å²) in [6.07, 6.45) is -0.925. The summed E-state index contributed by atoms with van der Waals surface area (Å²) in [4.78, 5) is 7.71. The van der Waals surface area contributed by atoms with Crippen LogP contribution in [0.3, 0.4) is 0 Å². The van der Waals surface area contributed by atoms with Crippen molar-refractivity contribution in [3.8, 4) is 33.4 Å². The molecule has 9 aromatic carbocycles. The van der Waals surface area contributed by atoms with Crippen LogP contribution in [-0.4, -0.2) is 10.4 Å². The summed E-state index contributed by atoms with van der Waals surface area (Å²) < 4.78 is 2.35. The molecule has 0 amide bonds. The molecule has 5 nitrogen and oxygen atoms in total. The smallest absolute Gasteiger partial charge is 0.127 e. The van der Waals surface area contributed by atoms with E-state index in [2.05, 4.69) is 245 Å². The summed E-state index contributed by atoms with van der Waals surface area (Å²) in [5.74, 6) is 0.807. The lowest BCUT2D eigenvalue weighted by Gasteiger charge is -2.45. The number of benzene rings is 9. The third kappa shape index (κ3) is 7.00. The highest BCUT2D eigenvalue weighted by molar-refractivity contribution is 6.13. The summed E-state index contributed by atoms with van der Waals surface area (Å²) in [5, 5.41) is 11.7. The van der Waals surface area contributed by atoms with Crippen molar-refractivity contribution in [3.05, 3.63) is 253 Å². The fraction of sp³-hybridized carbons (Fsp3) is 0.0351. The zero-order valence-corrected chi connectivity index (χ0v) is 34.0. The molecular weight excluding hydrogens is 755 g/mol. The lowest BCUT2D eigenvalue weighted by atomic mass is 9.97. The molecule has 0 spiro atoms. The van der Waals surface area contributed by atoms with E-state index in [1.54, 1.807) is 0 Å². The molecule has 2 atom stereocenters. The molecule has 0 aliphatic carbocycles. The number of nitrogens with zero attached hydrogens (tertiary/aromatic N) is 4. The third-order valence-corrected chi connectivity index (χ3v) is 11.8. The Kier molecular flexibility index (Phi) is 9.69.